The van der Waals surface area contributed by atoms with Crippen LogP contribution in [0.3, 0.4) is 0 Å². The standard InChI is InChI=1S/C6H3F2NO2.C2H6/c7-4-1-2-5(8)6(3-4)9(10)11;1-2/h1-3H;1-2H3. The van der Waals surface area contributed by atoms with Gasteiger partial charge in [0.15, 0.2) is 0 Å². The van der Waals surface area contributed by atoms with E-state index < -0.39 is 22.2 Å². The Morgan fingerprint density at radius 2 is 1.85 bits per heavy atom. The van der Waals surface area contributed by atoms with Crippen molar-refractivity contribution in [1.82, 2.24) is 0 Å². The van der Waals surface area contributed by atoms with Gasteiger partial charge in [-0.15, -0.1) is 0 Å². The fraction of sp³-hybridized carbons (Fsp3) is 0.250. The molecular formula is C8H9F2NO2. The average Bonchev–Trinajstić information content (AvgIpc) is 2.12. The van der Waals surface area contributed by atoms with Crippen LogP contribution < -0.4 is 0 Å². The first-order chi connectivity index (χ1) is 6.11. The monoisotopic (exact) mass is 189 g/mol. The molecule has 72 valence electrons. The number of nitrogens with zero attached hydrogens (tertiary/aromatic N) is 1. The molecule has 0 fully saturated rings. The summed E-state index contributed by atoms with van der Waals surface area (Å²) in [5.41, 5.74) is -0.843. The highest BCUT2D eigenvalue weighted by Crippen LogP contribution is 2.16. The van der Waals surface area contributed by atoms with Crippen molar-refractivity contribution in [2.45, 2.75) is 13.8 Å². The minimum absolute atomic E-state index is 0.537. The van der Waals surface area contributed by atoms with Crippen LogP contribution >= 0.6 is 0 Å². The van der Waals surface area contributed by atoms with Gasteiger partial charge in [0.25, 0.3) is 0 Å². The molecule has 13 heavy (non-hydrogen) atoms. The van der Waals surface area contributed by atoms with Gasteiger partial charge >= 0.3 is 5.69 Å². The molecule has 0 aliphatic rings. The Hall–Kier alpha value is -1.52. The predicted molar refractivity (Wildman–Crippen MR) is 44.4 cm³/mol. The first-order valence-electron chi connectivity index (χ1n) is 3.70. The molecule has 0 spiro atoms. The van der Waals surface area contributed by atoms with Gasteiger partial charge < -0.3 is 0 Å². The van der Waals surface area contributed by atoms with Gasteiger partial charge in [-0.05, 0) is 12.1 Å². The highest BCUT2D eigenvalue weighted by molar-refractivity contribution is 5.31. The Kier molecular flexibility index (Phi) is 4.58. The lowest BCUT2D eigenvalue weighted by Crippen LogP contribution is -1.92. The van der Waals surface area contributed by atoms with Gasteiger partial charge in [0.05, 0.1) is 11.0 Å². The third-order valence-electron chi connectivity index (χ3n) is 1.10. The molecule has 1 aromatic rings. The average molecular weight is 189 g/mol. The largest absolute Gasteiger partial charge is 0.307 e. The molecule has 1 aromatic carbocycles. The van der Waals surface area contributed by atoms with Crippen molar-refractivity contribution in [3.63, 3.8) is 0 Å². The molecule has 3 nitrogen and oxygen atoms in total. The van der Waals surface area contributed by atoms with Gasteiger partial charge in [-0.3, -0.25) is 10.1 Å². The van der Waals surface area contributed by atoms with Crippen LogP contribution in [0.25, 0.3) is 0 Å². The fourth-order valence-electron chi connectivity index (χ4n) is 0.626. The van der Waals surface area contributed by atoms with E-state index in [4.69, 9.17) is 0 Å². The topological polar surface area (TPSA) is 43.1 Å². The maximum Gasteiger partial charge on any atom is 0.307 e. The zero-order valence-electron chi connectivity index (χ0n) is 7.25. The second-order valence-corrected chi connectivity index (χ2v) is 1.85. The van der Waals surface area contributed by atoms with Crippen LogP contribution in [0.1, 0.15) is 13.8 Å². The summed E-state index contributed by atoms with van der Waals surface area (Å²) >= 11 is 0. The van der Waals surface area contributed by atoms with Crippen LogP contribution in [0.15, 0.2) is 18.2 Å². The first kappa shape index (κ1) is 11.5. The Morgan fingerprint density at radius 1 is 1.31 bits per heavy atom. The molecule has 5 heteroatoms. The number of halogens is 2. The molecule has 0 amide bonds. The molecule has 0 aliphatic heterocycles. The van der Waals surface area contributed by atoms with E-state index in [0.29, 0.717) is 12.1 Å². The number of hydrogen-bond donors (Lipinski definition) is 0. The smallest absolute Gasteiger partial charge is 0.258 e. The van der Waals surface area contributed by atoms with Crippen molar-refractivity contribution < 1.29 is 13.7 Å². The quantitative estimate of drug-likeness (QED) is 0.503. The summed E-state index contributed by atoms with van der Waals surface area (Å²) in [5.74, 6) is -1.85. The Morgan fingerprint density at radius 3 is 2.23 bits per heavy atom. The Labute approximate surface area is 74.2 Å². The number of benzene rings is 1. The molecule has 1 rings (SSSR count). The van der Waals surface area contributed by atoms with E-state index in [1.807, 2.05) is 13.8 Å². The molecule has 0 radical (unpaired) electrons. The second-order valence-electron chi connectivity index (χ2n) is 1.85. The van der Waals surface area contributed by atoms with Crippen LogP contribution in [-0.4, -0.2) is 4.92 Å². The Balaban J connectivity index is 0.000000671. The summed E-state index contributed by atoms with van der Waals surface area (Å²) in [6.07, 6.45) is 0. The molecule has 0 saturated heterocycles. The van der Waals surface area contributed by atoms with Crippen LogP contribution in [0.2, 0.25) is 0 Å². The normalized spacial score (nSPS) is 8.62. The van der Waals surface area contributed by atoms with E-state index in [1.165, 1.54) is 0 Å². The van der Waals surface area contributed by atoms with Crippen LogP contribution in [-0.2, 0) is 0 Å². The number of nitro groups is 1. The number of hydrogen-bond acceptors (Lipinski definition) is 2. The van der Waals surface area contributed by atoms with Crippen LogP contribution in [0, 0.1) is 21.7 Å². The molecule has 0 saturated carbocycles. The molecule has 0 aliphatic carbocycles. The molecule has 0 bridgehead atoms. The van der Waals surface area contributed by atoms with Gasteiger partial charge in [-0.25, -0.2) is 4.39 Å². The van der Waals surface area contributed by atoms with Crippen molar-refractivity contribution in [1.29, 1.82) is 0 Å². The lowest BCUT2D eigenvalue weighted by atomic mass is 10.3. The lowest BCUT2D eigenvalue weighted by molar-refractivity contribution is -0.387. The zero-order chi connectivity index (χ0) is 10.4. The van der Waals surface area contributed by atoms with E-state index in [0.717, 1.165) is 6.07 Å². The van der Waals surface area contributed by atoms with Crippen molar-refractivity contribution in [2.75, 3.05) is 0 Å². The Bertz CT molecular complexity index is 302. The van der Waals surface area contributed by atoms with Crippen molar-refractivity contribution >= 4 is 5.69 Å². The number of nitro benzene ring substituents is 1. The highest BCUT2D eigenvalue weighted by atomic mass is 19.1. The molecule has 0 unspecified atom stereocenters. The van der Waals surface area contributed by atoms with E-state index in [1.54, 1.807) is 0 Å². The maximum absolute atomic E-state index is 12.4. The van der Waals surface area contributed by atoms with Crippen LogP contribution in [0.4, 0.5) is 14.5 Å². The third kappa shape index (κ3) is 3.14. The molecule has 0 atom stereocenters. The van der Waals surface area contributed by atoms with Gasteiger partial charge in [0.2, 0.25) is 5.82 Å². The summed E-state index contributed by atoms with van der Waals surface area (Å²) in [5, 5.41) is 9.97. The summed E-state index contributed by atoms with van der Waals surface area (Å²) in [4.78, 5) is 9.00. The summed E-state index contributed by atoms with van der Waals surface area (Å²) in [6, 6.07) is 2.07. The summed E-state index contributed by atoms with van der Waals surface area (Å²) in [6.45, 7) is 4.00. The minimum atomic E-state index is -1.03. The molecule has 0 N–H and O–H groups in total. The SMILES string of the molecule is CC.O=[N+]([O-])c1cc(F)ccc1F. The number of rotatable bonds is 1. The van der Waals surface area contributed by atoms with Crippen molar-refractivity contribution in [2.24, 2.45) is 0 Å². The van der Waals surface area contributed by atoms with Gasteiger partial charge in [-0.1, -0.05) is 13.8 Å². The van der Waals surface area contributed by atoms with E-state index in [-0.39, 0.29) is 0 Å². The minimum Gasteiger partial charge on any atom is -0.258 e. The van der Waals surface area contributed by atoms with Gasteiger partial charge in [0.1, 0.15) is 5.82 Å². The van der Waals surface area contributed by atoms with Gasteiger partial charge in [-0.2, -0.15) is 4.39 Å². The zero-order valence-corrected chi connectivity index (χ0v) is 7.25. The first-order valence-corrected chi connectivity index (χ1v) is 3.70. The third-order valence-corrected chi connectivity index (χ3v) is 1.10. The molecule has 0 heterocycles. The van der Waals surface area contributed by atoms with Crippen molar-refractivity contribution in [3.8, 4) is 0 Å². The van der Waals surface area contributed by atoms with Gasteiger partial charge in [0, 0.05) is 0 Å². The summed E-state index contributed by atoms with van der Waals surface area (Å²) in [7, 11) is 0. The fourth-order valence-corrected chi connectivity index (χ4v) is 0.626. The van der Waals surface area contributed by atoms with Crippen LogP contribution in [0.5, 0.6) is 0 Å². The predicted octanol–water partition coefficient (Wildman–Crippen LogP) is 2.90. The molecule has 0 aromatic heterocycles. The lowest BCUT2D eigenvalue weighted by Gasteiger charge is -1.91. The highest BCUT2D eigenvalue weighted by Gasteiger charge is 2.13. The maximum atomic E-state index is 12.4. The van der Waals surface area contributed by atoms with E-state index in [9.17, 15) is 18.9 Å². The van der Waals surface area contributed by atoms with E-state index in [2.05, 4.69) is 0 Å². The van der Waals surface area contributed by atoms with Crippen molar-refractivity contribution in [3.05, 3.63) is 39.9 Å². The second kappa shape index (κ2) is 5.18. The summed E-state index contributed by atoms with van der Waals surface area (Å²) < 4.78 is 24.6. The molecular weight excluding hydrogens is 180 g/mol. The van der Waals surface area contributed by atoms with E-state index >= 15 is 0 Å².